The Kier molecular flexibility index (Phi) is 5.26. The lowest BCUT2D eigenvalue weighted by atomic mass is 9.77. The van der Waals surface area contributed by atoms with Crippen LogP contribution >= 0.6 is 0 Å². The number of hydrogen-bond donors (Lipinski definition) is 2. The van der Waals surface area contributed by atoms with Gasteiger partial charge in [0.1, 0.15) is 0 Å². The molecule has 110 valence electrons. The molecule has 2 fully saturated rings. The number of nitrogens with two attached hydrogens (primary N) is 1. The summed E-state index contributed by atoms with van der Waals surface area (Å²) in [6.45, 7) is 4.56. The van der Waals surface area contributed by atoms with Crippen LogP contribution in [0.15, 0.2) is 0 Å². The highest BCUT2D eigenvalue weighted by molar-refractivity contribution is 5.79. The van der Waals surface area contributed by atoms with Gasteiger partial charge in [0.05, 0.1) is 5.92 Å². The van der Waals surface area contributed by atoms with Crippen molar-refractivity contribution >= 4 is 5.91 Å². The first-order chi connectivity index (χ1) is 9.09. The summed E-state index contributed by atoms with van der Waals surface area (Å²) in [6.07, 6.45) is 9.31. The predicted octanol–water partition coefficient (Wildman–Crippen LogP) is 2.83. The molecule has 2 aliphatic carbocycles. The van der Waals surface area contributed by atoms with Gasteiger partial charge in [-0.15, -0.1) is 0 Å². The Morgan fingerprint density at radius 2 is 1.68 bits per heavy atom. The van der Waals surface area contributed by atoms with Gasteiger partial charge in [0, 0.05) is 12.1 Å². The molecule has 19 heavy (non-hydrogen) atoms. The van der Waals surface area contributed by atoms with Gasteiger partial charge < -0.3 is 11.1 Å². The minimum absolute atomic E-state index is 0.0588. The van der Waals surface area contributed by atoms with Crippen LogP contribution in [0.4, 0.5) is 0 Å². The van der Waals surface area contributed by atoms with Gasteiger partial charge in [0.2, 0.25) is 5.91 Å². The van der Waals surface area contributed by atoms with Gasteiger partial charge >= 0.3 is 0 Å². The van der Waals surface area contributed by atoms with E-state index in [0.717, 1.165) is 25.7 Å². The fraction of sp³-hybridized carbons (Fsp3) is 0.938. The zero-order valence-corrected chi connectivity index (χ0v) is 12.5. The molecule has 0 spiro atoms. The Morgan fingerprint density at radius 1 is 1.05 bits per heavy atom. The predicted molar refractivity (Wildman–Crippen MR) is 78.7 cm³/mol. The molecule has 2 rings (SSSR count). The van der Waals surface area contributed by atoms with Crippen molar-refractivity contribution in [2.75, 3.05) is 0 Å². The van der Waals surface area contributed by atoms with E-state index in [1.807, 2.05) is 0 Å². The molecule has 4 unspecified atom stereocenters. The van der Waals surface area contributed by atoms with E-state index < -0.39 is 0 Å². The zero-order valence-electron chi connectivity index (χ0n) is 12.5. The summed E-state index contributed by atoms with van der Waals surface area (Å²) in [5, 5.41) is 3.33. The maximum Gasteiger partial charge on any atom is 0.224 e. The second kappa shape index (κ2) is 6.74. The molecular weight excluding hydrogens is 236 g/mol. The molecule has 3 nitrogen and oxygen atoms in total. The van der Waals surface area contributed by atoms with Crippen molar-refractivity contribution in [3.8, 4) is 0 Å². The molecule has 3 N–H and O–H groups in total. The first kappa shape index (κ1) is 14.8. The lowest BCUT2D eigenvalue weighted by molar-refractivity contribution is -0.128. The smallest absolute Gasteiger partial charge is 0.224 e. The van der Waals surface area contributed by atoms with Gasteiger partial charge in [-0.2, -0.15) is 0 Å². The van der Waals surface area contributed by atoms with E-state index in [-0.39, 0.29) is 17.9 Å². The topological polar surface area (TPSA) is 55.1 Å². The van der Waals surface area contributed by atoms with Crippen molar-refractivity contribution in [1.29, 1.82) is 0 Å². The van der Waals surface area contributed by atoms with Gasteiger partial charge in [0.25, 0.3) is 0 Å². The summed E-state index contributed by atoms with van der Waals surface area (Å²) >= 11 is 0. The second-order valence-corrected chi connectivity index (χ2v) is 6.86. The Labute approximate surface area is 117 Å². The molecule has 2 saturated carbocycles. The third-order valence-corrected chi connectivity index (χ3v) is 5.16. The summed E-state index contributed by atoms with van der Waals surface area (Å²) in [5.74, 6) is 1.59. The van der Waals surface area contributed by atoms with Crippen molar-refractivity contribution in [2.45, 2.75) is 77.3 Å². The Bertz CT molecular complexity index is 303. The third kappa shape index (κ3) is 3.71. The number of carbonyl (C=O) groups excluding carboxylic acids is 1. The van der Waals surface area contributed by atoms with Crippen LogP contribution < -0.4 is 11.1 Å². The average Bonchev–Trinajstić information content (AvgIpc) is 2.39. The summed E-state index contributed by atoms with van der Waals surface area (Å²) in [5.41, 5.74) is 6.12. The van der Waals surface area contributed by atoms with E-state index in [9.17, 15) is 4.79 Å². The molecule has 0 aromatic rings. The molecule has 0 aromatic carbocycles. The van der Waals surface area contributed by atoms with Gasteiger partial charge in [-0.3, -0.25) is 4.79 Å². The summed E-state index contributed by atoms with van der Waals surface area (Å²) in [7, 11) is 0. The highest BCUT2D eigenvalue weighted by atomic mass is 16.2. The largest absolute Gasteiger partial charge is 0.353 e. The molecule has 0 saturated heterocycles. The fourth-order valence-corrected chi connectivity index (χ4v) is 3.91. The molecule has 0 radical (unpaired) electrons. The number of rotatable bonds is 3. The second-order valence-electron chi connectivity index (χ2n) is 6.86. The first-order valence-corrected chi connectivity index (χ1v) is 8.15. The van der Waals surface area contributed by atoms with Crippen LogP contribution in [0.5, 0.6) is 0 Å². The average molecular weight is 266 g/mol. The van der Waals surface area contributed by atoms with Crippen LogP contribution in [0.2, 0.25) is 0 Å². The van der Waals surface area contributed by atoms with Crippen molar-refractivity contribution < 1.29 is 4.79 Å². The molecule has 3 heteroatoms. The van der Waals surface area contributed by atoms with Crippen LogP contribution in [0.1, 0.15) is 65.2 Å². The highest BCUT2D eigenvalue weighted by Gasteiger charge is 2.33. The van der Waals surface area contributed by atoms with Crippen LogP contribution in [-0.2, 0) is 4.79 Å². The van der Waals surface area contributed by atoms with Crippen LogP contribution in [0, 0.1) is 17.8 Å². The minimum atomic E-state index is 0.0588. The molecule has 0 bridgehead atoms. The summed E-state index contributed by atoms with van der Waals surface area (Å²) < 4.78 is 0. The molecule has 4 atom stereocenters. The molecule has 0 aromatic heterocycles. The van der Waals surface area contributed by atoms with E-state index in [1.165, 1.54) is 25.7 Å². The first-order valence-electron chi connectivity index (χ1n) is 8.15. The number of hydrogen-bond acceptors (Lipinski definition) is 2. The van der Waals surface area contributed by atoms with E-state index in [4.69, 9.17) is 5.73 Å². The minimum Gasteiger partial charge on any atom is -0.353 e. The van der Waals surface area contributed by atoms with E-state index in [1.54, 1.807) is 0 Å². The van der Waals surface area contributed by atoms with Gasteiger partial charge in [0.15, 0.2) is 0 Å². The Morgan fingerprint density at radius 3 is 2.37 bits per heavy atom. The zero-order chi connectivity index (χ0) is 13.8. The standard InChI is InChI=1S/C16H30N2O/c1-11(2)12-7-4-6-10-15(12)18-16(19)13-8-3-5-9-14(13)17/h11-15H,3-10,17H2,1-2H3,(H,18,19). The summed E-state index contributed by atoms with van der Waals surface area (Å²) in [6, 6.07) is 0.463. The lowest BCUT2D eigenvalue weighted by Gasteiger charge is -2.37. The van der Waals surface area contributed by atoms with Crippen molar-refractivity contribution in [3.05, 3.63) is 0 Å². The van der Waals surface area contributed by atoms with Gasteiger partial charge in [-0.25, -0.2) is 0 Å². The molecule has 1 amide bonds. The highest BCUT2D eigenvalue weighted by Crippen LogP contribution is 2.31. The molecule has 2 aliphatic rings. The molecular formula is C16H30N2O. The summed E-state index contributed by atoms with van der Waals surface area (Å²) in [4.78, 5) is 12.5. The monoisotopic (exact) mass is 266 g/mol. The normalized spacial score (nSPS) is 36.2. The Hall–Kier alpha value is -0.570. The number of carbonyl (C=O) groups is 1. The van der Waals surface area contributed by atoms with Crippen molar-refractivity contribution in [1.82, 2.24) is 5.32 Å². The SMILES string of the molecule is CC(C)C1CCCCC1NC(=O)C1CCCCC1N. The Balaban J connectivity index is 1.92. The van der Waals surface area contributed by atoms with Crippen LogP contribution in [-0.4, -0.2) is 18.0 Å². The number of nitrogens with one attached hydrogen (secondary N) is 1. The van der Waals surface area contributed by atoms with E-state index in [2.05, 4.69) is 19.2 Å². The fourth-order valence-electron chi connectivity index (χ4n) is 3.91. The maximum absolute atomic E-state index is 12.5. The van der Waals surface area contributed by atoms with Crippen molar-refractivity contribution in [3.63, 3.8) is 0 Å². The van der Waals surface area contributed by atoms with E-state index in [0.29, 0.717) is 17.9 Å². The van der Waals surface area contributed by atoms with Crippen molar-refractivity contribution in [2.24, 2.45) is 23.5 Å². The number of amides is 1. The third-order valence-electron chi connectivity index (χ3n) is 5.16. The van der Waals surface area contributed by atoms with E-state index >= 15 is 0 Å². The lowest BCUT2D eigenvalue weighted by Crippen LogP contribution is -2.50. The molecule has 0 aliphatic heterocycles. The van der Waals surface area contributed by atoms with Crippen LogP contribution in [0.3, 0.4) is 0 Å². The van der Waals surface area contributed by atoms with Gasteiger partial charge in [-0.1, -0.05) is 39.5 Å². The quantitative estimate of drug-likeness (QED) is 0.825. The van der Waals surface area contributed by atoms with Crippen LogP contribution in [0.25, 0.3) is 0 Å². The maximum atomic E-state index is 12.5. The van der Waals surface area contributed by atoms with Gasteiger partial charge in [-0.05, 0) is 37.5 Å². The molecule has 0 heterocycles.